The largest absolute Gasteiger partial charge is 0.493 e. The highest BCUT2D eigenvalue weighted by Gasteiger charge is 2.13. The lowest BCUT2D eigenvalue weighted by Crippen LogP contribution is -2.11. The van der Waals surface area contributed by atoms with Crippen LogP contribution in [0.2, 0.25) is 0 Å². The molecule has 8 heteroatoms. The molecule has 0 atom stereocenters. The number of hydrogen-bond donors (Lipinski definition) is 3. The summed E-state index contributed by atoms with van der Waals surface area (Å²) in [5.41, 5.74) is 3.65. The highest BCUT2D eigenvalue weighted by Crippen LogP contribution is 2.39. The topological polar surface area (TPSA) is 121 Å². The maximum absolute atomic E-state index is 11.3. The Bertz CT molecular complexity index is 1140. The van der Waals surface area contributed by atoms with Crippen LogP contribution in [0.5, 0.6) is 5.88 Å². The van der Waals surface area contributed by atoms with E-state index in [1.807, 2.05) is 25.1 Å². The van der Waals surface area contributed by atoms with Crippen molar-refractivity contribution in [3.63, 3.8) is 0 Å². The van der Waals surface area contributed by atoms with Crippen molar-refractivity contribution < 1.29 is 13.5 Å². The molecule has 0 unspecified atom stereocenters. The van der Waals surface area contributed by atoms with Gasteiger partial charge < -0.3 is 10.1 Å². The molecular weight excluding hydrogens is 364 g/mol. The third-order valence-corrected chi connectivity index (χ3v) is 5.13. The fourth-order valence-corrected chi connectivity index (χ4v) is 3.15. The van der Waals surface area contributed by atoms with Crippen LogP contribution in [0.1, 0.15) is 25.8 Å². The van der Waals surface area contributed by atoms with E-state index in [4.69, 9.17) is 5.14 Å². The standard InChI is InChI=1S/C19H20N4O3S/c1-3-12(2)11-13-5-4-6-16-17(13)18(19(24)21-16)23-22-14-7-9-15(10-8-14)27(20,25)26/h4-11,21,24H,3H2,1-2H3,(H2,20,25,26). The van der Waals surface area contributed by atoms with Crippen molar-refractivity contribution in [3.05, 3.63) is 53.6 Å². The molecule has 27 heavy (non-hydrogen) atoms. The van der Waals surface area contributed by atoms with Crippen LogP contribution in [0, 0.1) is 0 Å². The Balaban J connectivity index is 2.04. The van der Waals surface area contributed by atoms with Crippen molar-refractivity contribution in [3.8, 4) is 5.88 Å². The average molecular weight is 384 g/mol. The van der Waals surface area contributed by atoms with Gasteiger partial charge in [0.1, 0.15) is 0 Å². The Hall–Kier alpha value is -2.97. The second-order valence-electron chi connectivity index (χ2n) is 6.18. The molecule has 0 bridgehead atoms. The van der Waals surface area contributed by atoms with Crippen LogP contribution in [0.3, 0.4) is 0 Å². The van der Waals surface area contributed by atoms with Crippen molar-refractivity contribution in [1.29, 1.82) is 0 Å². The third-order valence-electron chi connectivity index (χ3n) is 4.20. The molecule has 0 aliphatic heterocycles. The van der Waals surface area contributed by atoms with Gasteiger partial charge in [-0.2, -0.15) is 5.11 Å². The van der Waals surface area contributed by atoms with Gasteiger partial charge in [-0.25, -0.2) is 13.6 Å². The molecule has 0 amide bonds. The Labute approximate surface area is 157 Å². The molecule has 2 aromatic carbocycles. The van der Waals surface area contributed by atoms with E-state index in [2.05, 4.69) is 28.2 Å². The van der Waals surface area contributed by atoms with Crippen molar-refractivity contribution in [2.45, 2.75) is 25.2 Å². The number of primary sulfonamides is 1. The maximum Gasteiger partial charge on any atom is 0.238 e. The summed E-state index contributed by atoms with van der Waals surface area (Å²) in [6, 6.07) is 11.4. The van der Waals surface area contributed by atoms with E-state index in [1.165, 1.54) is 29.8 Å². The lowest BCUT2D eigenvalue weighted by molar-refractivity contribution is 0.459. The van der Waals surface area contributed by atoms with Gasteiger partial charge in [-0.3, -0.25) is 0 Å². The number of sulfonamides is 1. The summed E-state index contributed by atoms with van der Waals surface area (Å²) in [5.74, 6) is -0.0788. The lowest BCUT2D eigenvalue weighted by atomic mass is 10.1. The Kier molecular flexibility index (Phi) is 5.11. The first-order valence-electron chi connectivity index (χ1n) is 8.35. The minimum atomic E-state index is -3.76. The molecule has 0 radical (unpaired) electrons. The van der Waals surface area contributed by atoms with Gasteiger partial charge in [-0.05, 0) is 49.2 Å². The summed E-state index contributed by atoms with van der Waals surface area (Å²) in [5, 5.41) is 24.4. The van der Waals surface area contributed by atoms with Gasteiger partial charge in [-0.15, -0.1) is 5.11 Å². The lowest BCUT2D eigenvalue weighted by Gasteiger charge is -2.01. The summed E-state index contributed by atoms with van der Waals surface area (Å²) in [6.45, 7) is 4.12. The third kappa shape index (κ3) is 4.07. The molecule has 7 nitrogen and oxygen atoms in total. The minimum absolute atomic E-state index is 0.00106. The van der Waals surface area contributed by atoms with Gasteiger partial charge in [-0.1, -0.05) is 30.7 Å². The SMILES string of the molecule is CCC(C)=Cc1cccc2[nH]c(O)c(N=Nc3ccc(S(N)(=O)=O)cc3)c12. The van der Waals surface area contributed by atoms with Gasteiger partial charge in [0.2, 0.25) is 15.9 Å². The van der Waals surface area contributed by atoms with Crippen LogP contribution < -0.4 is 5.14 Å². The number of aromatic hydroxyl groups is 1. The van der Waals surface area contributed by atoms with Crippen LogP contribution in [0.25, 0.3) is 17.0 Å². The molecule has 3 rings (SSSR count). The number of aromatic amines is 1. The van der Waals surface area contributed by atoms with Crippen LogP contribution in [0.4, 0.5) is 11.4 Å². The first-order valence-corrected chi connectivity index (χ1v) is 9.89. The van der Waals surface area contributed by atoms with Crippen LogP contribution in [-0.4, -0.2) is 18.5 Å². The predicted octanol–water partition coefficient (Wildman–Crippen LogP) is 4.75. The van der Waals surface area contributed by atoms with Crippen LogP contribution >= 0.6 is 0 Å². The van der Waals surface area contributed by atoms with Crippen molar-refractivity contribution in [1.82, 2.24) is 4.98 Å². The second-order valence-corrected chi connectivity index (χ2v) is 7.74. The number of fused-ring (bicyclic) bond motifs is 1. The van der Waals surface area contributed by atoms with E-state index in [1.54, 1.807) is 0 Å². The molecule has 1 aromatic heterocycles. The number of allylic oxidation sites excluding steroid dienone is 1. The quantitative estimate of drug-likeness (QED) is 0.550. The number of benzene rings is 2. The van der Waals surface area contributed by atoms with E-state index >= 15 is 0 Å². The molecule has 0 aliphatic carbocycles. The Morgan fingerprint density at radius 3 is 2.52 bits per heavy atom. The highest BCUT2D eigenvalue weighted by molar-refractivity contribution is 7.89. The highest BCUT2D eigenvalue weighted by atomic mass is 32.2. The number of azo groups is 1. The molecule has 1 heterocycles. The molecule has 3 aromatic rings. The Morgan fingerprint density at radius 2 is 1.89 bits per heavy atom. The van der Waals surface area contributed by atoms with Crippen molar-refractivity contribution in [2.75, 3.05) is 0 Å². The molecule has 0 aliphatic rings. The van der Waals surface area contributed by atoms with Crippen molar-refractivity contribution >= 4 is 38.4 Å². The maximum atomic E-state index is 11.3. The fourth-order valence-electron chi connectivity index (χ4n) is 2.64. The molecule has 0 fully saturated rings. The zero-order valence-corrected chi connectivity index (χ0v) is 15.8. The zero-order valence-electron chi connectivity index (χ0n) is 15.0. The van der Waals surface area contributed by atoms with Gasteiger partial charge in [0.15, 0.2) is 5.69 Å². The van der Waals surface area contributed by atoms with E-state index < -0.39 is 10.0 Å². The second kappa shape index (κ2) is 7.34. The average Bonchev–Trinajstić information content (AvgIpc) is 2.95. The van der Waals surface area contributed by atoms with Crippen molar-refractivity contribution in [2.24, 2.45) is 15.4 Å². The van der Waals surface area contributed by atoms with Crippen LogP contribution in [0.15, 0.2) is 63.2 Å². The molecule has 0 saturated carbocycles. The number of rotatable bonds is 5. The summed E-state index contributed by atoms with van der Waals surface area (Å²) < 4.78 is 22.6. The predicted molar refractivity (Wildman–Crippen MR) is 106 cm³/mol. The number of aromatic nitrogens is 1. The first kappa shape index (κ1) is 18.8. The van der Waals surface area contributed by atoms with E-state index in [0.29, 0.717) is 11.4 Å². The van der Waals surface area contributed by atoms with Gasteiger partial charge in [0, 0.05) is 5.39 Å². The number of nitrogens with zero attached hydrogens (tertiary/aromatic N) is 2. The Morgan fingerprint density at radius 1 is 1.19 bits per heavy atom. The minimum Gasteiger partial charge on any atom is -0.493 e. The number of nitrogens with one attached hydrogen (secondary N) is 1. The molecule has 0 saturated heterocycles. The van der Waals surface area contributed by atoms with E-state index in [9.17, 15) is 13.5 Å². The van der Waals surface area contributed by atoms with Gasteiger partial charge >= 0.3 is 0 Å². The van der Waals surface area contributed by atoms with Gasteiger partial charge in [0.05, 0.1) is 16.1 Å². The molecule has 4 N–H and O–H groups in total. The summed E-state index contributed by atoms with van der Waals surface area (Å²) in [4.78, 5) is 2.90. The number of nitrogens with two attached hydrogens (primary N) is 1. The van der Waals surface area contributed by atoms with E-state index in [0.717, 1.165) is 22.9 Å². The van der Waals surface area contributed by atoms with Crippen LogP contribution in [-0.2, 0) is 10.0 Å². The zero-order chi connectivity index (χ0) is 19.6. The number of H-pyrrole nitrogens is 1. The molecule has 0 spiro atoms. The normalized spacial score (nSPS) is 12.9. The summed E-state index contributed by atoms with van der Waals surface area (Å²) in [6.07, 6.45) is 2.97. The monoisotopic (exact) mass is 384 g/mol. The van der Waals surface area contributed by atoms with Gasteiger partial charge in [0.25, 0.3) is 0 Å². The fraction of sp³-hybridized carbons (Fsp3) is 0.158. The van der Waals surface area contributed by atoms with E-state index in [-0.39, 0.29) is 10.8 Å². The summed E-state index contributed by atoms with van der Waals surface area (Å²) in [7, 11) is -3.76. The summed E-state index contributed by atoms with van der Waals surface area (Å²) >= 11 is 0. The smallest absolute Gasteiger partial charge is 0.238 e. The number of hydrogen-bond acceptors (Lipinski definition) is 5. The molecule has 140 valence electrons. The molecular formula is C19H20N4O3S. The first-order chi connectivity index (χ1) is 12.8.